The molecule has 0 fully saturated rings. The van der Waals surface area contributed by atoms with Crippen LogP contribution in [0.15, 0.2) is 0 Å². The summed E-state index contributed by atoms with van der Waals surface area (Å²) in [5.74, 6) is 0.243. The first-order valence-corrected chi connectivity index (χ1v) is 2.45. The Kier molecular flexibility index (Phi) is 1.62. The van der Waals surface area contributed by atoms with Crippen LogP contribution < -0.4 is 0 Å². The number of ketones is 1. The van der Waals surface area contributed by atoms with E-state index in [1.165, 1.54) is 0 Å². The first-order valence-electron chi connectivity index (χ1n) is 2.45. The van der Waals surface area contributed by atoms with Crippen LogP contribution in [0, 0.1) is 0 Å². The van der Waals surface area contributed by atoms with Crippen molar-refractivity contribution >= 4 is 13.6 Å². The lowest BCUT2D eigenvalue weighted by molar-refractivity contribution is -0.119. The van der Waals surface area contributed by atoms with E-state index >= 15 is 0 Å². The molecule has 0 aromatic carbocycles. The van der Waals surface area contributed by atoms with Crippen molar-refractivity contribution in [2.45, 2.75) is 26.1 Å². The van der Waals surface area contributed by atoms with Crippen molar-refractivity contribution in [3.8, 4) is 0 Å². The Morgan fingerprint density at radius 2 is 1.71 bits per heavy atom. The summed E-state index contributed by atoms with van der Waals surface area (Å²) in [5.41, 5.74) is 0. The number of carbonyl (C=O) groups is 1. The van der Waals surface area contributed by atoms with E-state index < -0.39 is 0 Å². The van der Waals surface area contributed by atoms with E-state index in [-0.39, 0.29) is 11.1 Å². The van der Waals surface area contributed by atoms with Crippen molar-refractivity contribution in [2.75, 3.05) is 0 Å². The molecule has 40 valence electrons. The van der Waals surface area contributed by atoms with Crippen molar-refractivity contribution in [2.24, 2.45) is 0 Å². The second-order valence-corrected chi connectivity index (χ2v) is 2.81. The van der Waals surface area contributed by atoms with E-state index in [0.29, 0.717) is 0 Å². The zero-order valence-electron chi connectivity index (χ0n) is 5.41. The lowest BCUT2D eigenvalue weighted by Crippen LogP contribution is -2.12. The smallest absolute Gasteiger partial charge is 0.127 e. The molecule has 0 aromatic rings. The highest BCUT2D eigenvalue weighted by Crippen LogP contribution is 2.17. The lowest BCUT2D eigenvalue weighted by Gasteiger charge is -2.11. The molecule has 0 heterocycles. The van der Waals surface area contributed by atoms with Gasteiger partial charge in [-0.1, -0.05) is 13.8 Å². The first-order chi connectivity index (χ1) is 2.94. The van der Waals surface area contributed by atoms with Gasteiger partial charge in [-0.05, 0) is 12.2 Å². The minimum absolute atomic E-state index is 0.139. The summed E-state index contributed by atoms with van der Waals surface area (Å²) in [7, 11) is 1.91. The molecule has 0 rings (SSSR count). The number of rotatable bonds is 1. The van der Waals surface area contributed by atoms with Gasteiger partial charge in [0.2, 0.25) is 0 Å². The molecule has 0 amide bonds. The SMILES string of the molecule is BC(C)(C)C(C)=O. The summed E-state index contributed by atoms with van der Waals surface area (Å²) in [6.07, 6.45) is 0. The molecule has 0 aromatic heterocycles. The molecule has 2 heteroatoms. The van der Waals surface area contributed by atoms with Crippen molar-refractivity contribution in [3.63, 3.8) is 0 Å². The van der Waals surface area contributed by atoms with Gasteiger partial charge >= 0.3 is 0 Å². The summed E-state index contributed by atoms with van der Waals surface area (Å²) in [4.78, 5) is 10.5. The minimum atomic E-state index is -0.139. The molecule has 0 aliphatic carbocycles. The number of carbonyl (C=O) groups excluding carboxylic acids is 1. The normalized spacial score (nSPS) is 11.3. The molecule has 0 radical (unpaired) electrons. The molecule has 0 aliphatic heterocycles. The van der Waals surface area contributed by atoms with Gasteiger partial charge in [0.05, 0.1) is 0 Å². The molecule has 7 heavy (non-hydrogen) atoms. The van der Waals surface area contributed by atoms with Crippen LogP contribution in [0.5, 0.6) is 0 Å². The highest BCUT2D eigenvalue weighted by atomic mass is 16.1. The number of hydrogen-bond donors (Lipinski definition) is 0. The average Bonchev–Trinajstić information content (AvgIpc) is 1.31. The summed E-state index contributed by atoms with van der Waals surface area (Å²) in [6.45, 7) is 5.44. The third-order valence-electron chi connectivity index (χ3n) is 1.06. The van der Waals surface area contributed by atoms with Crippen molar-refractivity contribution in [1.29, 1.82) is 0 Å². The van der Waals surface area contributed by atoms with Gasteiger partial charge in [0.15, 0.2) is 0 Å². The van der Waals surface area contributed by atoms with E-state index in [2.05, 4.69) is 0 Å². The molecule has 0 bridgehead atoms. The molecule has 1 nitrogen and oxygen atoms in total. The number of Topliss-reactive ketones (excluding diaryl/α,β-unsaturated/α-hetero) is 1. The molecule has 0 aliphatic rings. The van der Waals surface area contributed by atoms with E-state index in [4.69, 9.17) is 0 Å². The van der Waals surface area contributed by atoms with E-state index in [0.717, 1.165) is 0 Å². The summed E-state index contributed by atoms with van der Waals surface area (Å²) in [5, 5.41) is -0.139. The molecule has 0 spiro atoms. The summed E-state index contributed by atoms with van der Waals surface area (Å²) >= 11 is 0. The minimum Gasteiger partial charge on any atom is -0.300 e. The fourth-order valence-electron chi connectivity index (χ4n) is 0. The van der Waals surface area contributed by atoms with Crippen LogP contribution in [-0.2, 0) is 4.79 Å². The maximum Gasteiger partial charge on any atom is 0.127 e. The topological polar surface area (TPSA) is 17.1 Å². The summed E-state index contributed by atoms with van der Waals surface area (Å²) in [6, 6.07) is 0. The molecular weight excluding hydrogens is 86.9 g/mol. The van der Waals surface area contributed by atoms with Crippen molar-refractivity contribution in [3.05, 3.63) is 0 Å². The predicted octanol–water partition coefficient (Wildman–Crippen LogP) is 0.407. The van der Waals surface area contributed by atoms with Crippen LogP contribution in [0.2, 0.25) is 5.31 Å². The second-order valence-electron chi connectivity index (χ2n) is 2.81. The molecular formula is C5H11BO. The van der Waals surface area contributed by atoms with Gasteiger partial charge in [0.25, 0.3) is 0 Å². The van der Waals surface area contributed by atoms with Gasteiger partial charge in [-0.15, -0.1) is 0 Å². The van der Waals surface area contributed by atoms with E-state index in [9.17, 15) is 4.79 Å². The quantitative estimate of drug-likeness (QED) is 0.434. The van der Waals surface area contributed by atoms with Crippen molar-refractivity contribution < 1.29 is 4.79 Å². The molecule has 0 N–H and O–H groups in total. The molecule has 0 atom stereocenters. The Bertz CT molecular complexity index is 80.6. The first kappa shape index (κ1) is 6.73. The highest BCUT2D eigenvalue weighted by molar-refractivity contribution is 6.27. The third kappa shape index (κ3) is 2.43. The van der Waals surface area contributed by atoms with Crippen LogP contribution in [-0.4, -0.2) is 13.6 Å². The Balaban J connectivity index is 3.79. The Morgan fingerprint density at radius 1 is 1.57 bits per heavy atom. The molecule has 0 unspecified atom stereocenters. The zero-order valence-corrected chi connectivity index (χ0v) is 5.41. The van der Waals surface area contributed by atoms with Gasteiger partial charge in [-0.25, -0.2) is 0 Å². The van der Waals surface area contributed by atoms with Crippen LogP contribution in [0.3, 0.4) is 0 Å². The maximum atomic E-state index is 10.5. The average molecular weight is 98.0 g/mol. The standard InChI is InChI=1S/C5H11BO/c1-4(7)5(2,3)6/h6H2,1-3H3. The van der Waals surface area contributed by atoms with Crippen LogP contribution in [0.4, 0.5) is 0 Å². The van der Waals surface area contributed by atoms with Crippen LogP contribution in [0.25, 0.3) is 0 Å². The van der Waals surface area contributed by atoms with Crippen molar-refractivity contribution in [1.82, 2.24) is 0 Å². The Hall–Kier alpha value is -0.265. The molecule has 0 saturated heterocycles. The predicted molar refractivity (Wildman–Crippen MR) is 33.3 cm³/mol. The fraction of sp³-hybridized carbons (Fsp3) is 0.800. The lowest BCUT2D eigenvalue weighted by atomic mass is 9.70. The van der Waals surface area contributed by atoms with E-state index in [1.807, 2.05) is 21.7 Å². The monoisotopic (exact) mass is 98.1 g/mol. The Labute approximate surface area is 45.5 Å². The van der Waals surface area contributed by atoms with Crippen LogP contribution in [0.1, 0.15) is 20.8 Å². The van der Waals surface area contributed by atoms with Gasteiger partial charge < -0.3 is 4.79 Å². The van der Waals surface area contributed by atoms with Gasteiger partial charge in [0, 0.05) is 0 Å². The maximum absolute atomic E-state index is 10.5. The summed E-state index contributed by atoms with van der Waals surface area (Å²) < 4.78 is 0. The largest absolute Gasteiger partial charge is 0.300 e. The Morgan fingerprint density at radius 3 is 1.71 bits per heavy atom. The molecule has 0 saturated carbocycles. The number of hydrogen-bond acceptors (Lipinski definition) is 1. The fourth-order valence-corrected chi connectivity index (χ4v) is 0. The van der Waals surface area contributed by atoms with E-state index in [1.54, 1.807) is 6.92 Å². The highest BCUT2D eigenvalue weighted by Gasteiger charge is 2.14. The van der Waals surface area contributed by atoms with Gasteiger partial charge in [-0.3, -0.25) is 0 Å². The van der Waals surface area contributed by atoms with Crippen LogP contribution >= 0.6 is 0 Å². The zero-order chi connectivity index (χ0) is 6.08. The van der Waals surface area contributed by atoms with Gasteiger partial charge in [0.1, 0.15) is 13.6 Å². The second kappa shape index (κ2) is 1.69. The van der Waals surface area contributed by atoms with Gasteiger partial charge in [-0.2, -0.15) is 0 Å². The third-order valence-corrected chi connectivity index (χ3v) is 1.06.